The van der Waals surface area contributed by atoms with Crippen LogP contribution in [0, 0.1) is 0 Å². The summed E-state index contributed by atoms with van der Waals surface area (Å²) >= 11 is 0. The lowest BCUT2D eigenvalue weighted by atomic mass is 10.5. The fourth-order valence-electron chi connectivity index (χ4n) is 0.802. The zero-order valence-electron chi connectivity index (χ0n) is 13.0. The molecule has 0 aromatic carbocycles. The predicted octanol–water partition coefficient (Wildman–Crippen LogP) is 1.11. The van der Waals surface area contributed by atoms with Crippen molar-refractivity contribution >= 4 is 18.0 Å². The summed E-state index contributed by atoms with van der Waals surface area (Å²) in [5.41, 5.74) is 0. The number of esters is 1. The van der Waals surface area contributed by atoms with Gasteiger partial charge in [0.15, 0.2) is 0 Å². The van der Waals surface area contributed by atoms with Crippen molar-refractivity contribution in [3.05, 3.63) is 25.3 Å². The van der Waals surface area contributed by atoms with Crippen LogP contribution in [0.3, 0.4) is 0 Å². The van der Waals surface area contributed by atoms with Gasteiger partial charge in [-0.15, -0.1) is 0 Å². The molecule has 0 aromatic rings. The van der Waals surface area contributed by atoms with E-state index in [1.54, 1.807) is 27.9 Å². The Kier molecular flexibility index (Phi) is 12.7. The van der Waals surface area contributed by atoms with Gasteiger partial charge in [-0.25, -0.2) is 9.59 Å². The van der Waals surface area contributed by atoms with E-state index in [1.807, 2.05) is 0 Å². The molecule has 0 aliphatic rings. The van der Waals surface area contributed by atoms with Crippen molar-refractivity contribution in [2.24, 2.45) is 0 Å². The molecule has 0 unspecified atom stereocenters. The third-order valence-electron chi connectivity index (χ3n) is 1.74. The van der Waals surface area contributed by atoms with Gasteiger partial charge in [0.2, 0.25) is 5.91 Å². The van der Waals surface area contributed by atoms with E-state index in [0.717, 1.165) is 6.08 Å². The van der Waals surface area contributed by atoms with Gasteiger partial charge in [0.1, 0.15) is 6.61 Å². The molecule has 0 saturated heterocycles. The summed E-state index contributed by atoms with van der Waals surface area (Å²) in [5, 5.41) is 2.42. The highest BCUT2D eigenvalue weighted by atomic mass is 16.6. The van der Waals surface area contributed by atoms with Crippen LogP contribution >= 0.6 is 0 Å². The van der Waals surface area contributed by atoms with Crippen LogP contribution in [0.25, 0.3) is 0 Å². The van der Waals surface area contributed by atoms with Crippen molar-refractivity contribution < 1.29 is 23.9 Å². The van der Waals surface area contributed by atoms with Gasteiger partial charge in [0.25, 0.3) is 0 Å². The maximum atomic E-state index is 10.9. The highest BCUT2D eigenvalue weighted by Gasteiger charge is 2.03. The quantitative estimate of drug-likeness (QED) is 0.451. The Morgan fingerprint density at radius 2 is 1.76 bits per heavy atom. The second-order valence-corrected chi connectivity index (χ2v) is 4.19. The smallest absolute Gasteiger partial charge is 0.407 e. The number of amides is 2. The van der Waals surface area contributed by atoms with Gasteiger partial charge in [0.05, 0.1) is 12.6 Å². The summed E-state index contributed by atoms with van der Waals surface area (Å²) in [7, 11) is 3.37. The topological polar surface area (TPSA) is 84.9 Å². The molecule has 7 heteroatoms. The average Bonchev–Trinajstić information content (AvgIpc) is 2.42. The van der Waals surface area contributed by atoms with Crippen LogP contribution in [0.1, 0.15) is 13.8 Å². The molecule has 0 aliphatic heterocycles. The van der Waals surface area contributed by atoms with E-state index in [4.69, 9.17) is 4.74 Å². The Morgan fingerprint density at radius 1 is 1.19 bits per heavy atom. The van der Waals surface area contributed by atoms with Crippen LogP contribution in [-0.4, -0.2) is 56.2 Å². The molecule has 120 valence electrons. The lowest BCUT2D eigenvalue weighted by Crippen LogP contribution is -2.30. The normalized spacial score (nSPS) is 8.81. The number of rotatable bonds is 6. The summed E-state index contributed by atoms with van der Waals surface area (Å²) in [6, 6.07) is 0. The first-order valence-electron chi connectivity index (χ1n) is 6.32. The van der Waals surface area contributed by atoms with Crippen LogP contribution in [0.15, 0.2) is 25.3 Å². The first-order chi connectivity index (χ1) is 9.74. The number of hydrogen-bond donors (Lipinski definition) is 1. The molecule has 0 aliphatic carbocycles. The van der Waals surface area contributed by atoms with Gasteiger partial charge in [-0.1, -0.05) is 13.2 Å². The number of hydrogen-bond acceptors (Lipinski definition) is 5. The third kappa shape index (κ3) is 15.6. The second kappa shape index (κ2) is 12.7. The Labute approximate surface area is 125 Å². The lowest BCUT2D eigenvalue weighted by Gasteiger charge is -2.09. The molecule has 0 radical (unpaired) electrons. The van der Waals surface area contributed by atoms with Gasteiger partial charge >= 0.3 is 12.1 Å². The predicted molar refractivity (Wildman–Crippen MR) is 79.7 cm³/mol. The van der Waals surface area contributed by atoms with Crippen molar-refractivity contribution in [2.75, 3.05) is 27.2 Å². The number of nitrogens with one attached hydrogen (secondary N) is 1. The molecule has 0 heterocycles. The monoisotopic (exact) mass is 300 g/mol. The zero-order chi connectivity index (χ0) is 16.8. The van der Waals surface area contributed by atoms with E-state index in [0.29, 0.717) is 0 Å². The van der Waals surface area contributed by atoms with Crippen molar-refractivity contribution in [3.63, 3.8) is 0 Å². The van der Waals surface area contributed by atoms with Crippen molar-refractivity contribution in [2.45, 2.75) is 20.0 Å². The number of likely N-dealkylation sites (N-methyl/N-ethyl adjacent to an activating group) is 1. The first-order valence-corrected chi connectivity index (χ1v) is 6.32. The number of ether oxygens (including phenoxy) is 2. The van der Waals surface area contributed by atoms with E-state index in [-0.39, 0.29) is 25.2 Å². The van der Waals surface area contributed by atoms with Crippen LogP contribution in [-0.2, 0) is 19.1 Å². The minimum Gasteiger partial charge on any atom is -0.461 e. The molecule has 1 N–H and O–H groups in total. The highest BCUT2D eigenvalue weighted by molar-refractivity contribution is 5.86. The van der Waals surface area contributed by atoms with Crippen LogP contribution in [0.2, 0.25) is 0 Å². The van der Waals surface area contributed by atoms with Crippen LogP contribution in [0.4, 0.5) is 4.79 Å². The minimum atomic E-state index is -0.519. The maximum Gasteiger partial charge on any atom is 0.407 e. The van der Waals surface area contributed by atoms with Crippen LogP contribution < -0.4 is 5.32 Å². The summed E-state index contributed by atoms with van der Waals surface area (Å²) in [5.74, 6) is -0.566. The summed E-state index contributed by atoms with van der Waals surface area (Å²) < 4.78 is 9.39. The first kappa shape index (κ1) is 21.0. The average molecular weight is 300 g/mol. The highest BCUT2D eigenvalue weighted by Crippen LogP contribution is 1.87. The van der Waals surface area contributed by atoms with Gasteiger partial charge in [-0.3, -0.25) is 4.79 Å². The third-order valence-corrected chi connectivity index (χ3v) is 1.74. The molecule has 21 heavy (non-hydrogen) atoms. The maximum absolute atomic E-state index is 10.9. The van der Waals surface area contributed by atoms with E-state index in [2.05, 4.69) is 23.2 Å². The SMILES string of the molecule is C=CC(=O)N(C)C.C=CC(=O)OCCNC(=O)OC(C)C. The minimum absolute atomic E-state index is 0.0556. The largest absolute Gasteiger partial charge is 0.461 e. The summed E-state index contributed by atoms with van der Waals surface area (Å²) in [6.07, 6.45) is 1.66. The van der Waals surface area contributed by atoms with Crippen molar-refractivity contribution in [1.82, 2.24) is 10.2 Å². The Bertz CT molecular complexity index is 364. The van der Waals surface area contributed by atoms with E-state index >= 15 is 0 Å². The van der Waals surface area contributed by atoms with Gasteiger partial charge in [-0.05, 0) is 19.9 Å². The number of alkyl carbamates (subject to hydrolysis) is 1. The second-order valence-electron chi connectivity index (χ2n) is 4.19. The standard InChI is InChI=1S/C9H15NO4.C5H9NO/c1-4-8(11)13-6-5-10-9(12)14-7(2)3;1-4-5(7)6(2)3/h4,7H,1,5-6H2,2-3H3,(H,10,12);4H,1H2,2-3H3. The number of carbonyl (C=O) groups is 3. The molecule has 0 bridgehead atoms. The molecule has 7 nitrogen and oxygen atoms in total. The molecule has 2 amide bonds. The molecule has 0 rings (SSSR count). The Hall–Kier alpha value is -2.31. The Balaban J connectivity index is 0. The molecule has 0 spiro atoms. The van der Waals surface area contributed by atoms with E-state index in [9.17, 15) is 14.4 Å². The lowest BCUT2D eigenvalue weighted by molar-refractivity contribution is -0.137. The number of carbonyl (C=O) groups excluding carboxylic acids is 3. The number of nitrogens with zero attached hydrogens (tertiary/aromatic N) is 1. The van der Waals surface area contributed by atoms with Gasteiger partial charge in [-0.2, -0.15) is 0 Å². The van der Waals surface area contributed by atoms with Crippen molar-refractivity contribution in [3.8, 4) is 0 Å². The Morgan fingerprint density at radius 3 is 2.10 bits per heavy atom. The van der Waals surface area contributed by atoms with Crippen molar-refractivity contribution in [1.29, 1.82) is 0 Å². The van der Waals surface area contributed by atoms with Gasteiger partial charge < -0.3 is 19.7 Å². The summed E-state index contributed by atoms with van der Waals surface area (Å²) in [4.78, 5) is 33.2. The fourth-order valence-corrected chi connectivity index (χ4v) is 0.802. The summed E-state index contributed by atoms with van der Waals surface area (Å²) in [6.45, 7) is 10.3. The fraction of sp³-hybridized carbons (Fsp3) is 0.500. The van der Waals surface area contributed by atoms with Crippen LogP contribution in [0.5, 0.6) is 0 Å². The molecule has 0 atom stereocenters. The molecule has 0 saturated carbocycles. The molecular formula is C14H24N2O5. The molecule has 0 aromatic heterocycles. The zero-order valence-corrected chi connectivity index (χ0v) is 13.0. The van der Waals surface area contributed by atoms with E-state index < -0.39 is 12.1 Å². The van der Waals surface area contributed by atoms with E-state index in [1.165, 1.54) is 11.0 Å². The van der Waals surface area contributed by atoms with Gasteiger partial charge in [0, 0.05) is 20.2 Å². The molecular weight excluding hydrogens is 276 g/mol. The molecule has 0 fully saturated rings.